The van der Waals surface area contributed by atoms with Crippen molar-refractivity contribution in [2.45, 2.75) is 46.5 Å². The maximum atomic E-state index is 12.9. The number of nitriles is 1. The van der Waals surface area contributed by atoms with Crippen molar-refractivity contribution in [3.63, 3.8) is 0 Å². The number of rotatable bonds is 8. The van der Waals surface area contributed by atoms with Gasteiger partial charge in [-0.25, -0.2) is 0 Å². The molecule has 1 aromatic rings. The fourth-order valence-electron chi connectivity index (χ4n) is 3.27. The highest BCUT2D eigenvalue weighted by Gasteiger charge is 2.35. The van der Waals surface area contributed by atoms with Crippen LogP contribution in [0.2, 0.25) is 0 Å². The van der Waals surface area contributed by atoms with Crippen LogP contribution < -0.4 is 4.90 Å². The Kier molecular flexibility index (Phi) is 8.34. The Balaban J connectivity index is 2.32. The number of hydrogen-bond acceptors (Lipinski definition) is 4. The van der Waals surface area contributed by atoms with E-state index in [9.17, 15) is 19.6 Å². The van der Waals surface area contributed by atoms with Gasteiger partial charge < -0.3 is 4.90 Å². The Bertz CT molecular complexity index is 948. The van der Waals surface area contributed by atoms with Crippen LogP contribution in [0.1, 0.15) is 46.5 Å². The van der Waals surface area contributed by atoms with E-state index in [1.807, 2.05) is 36.4 Å². The Labute approximate surface area is 177 Å². The van der Waals surface area contributed by atoms with Crippen LogP contribution in [0.5, 0.6) is 0 Å². The van der Waals surface area contributed by atoms with Gasteiger partial charge in [0.1, 0.15) is 11.6 Å². The molecule has 0 bridgehead atoms. The molecule has 1 aromatic carbocycles. The zero-order valence-corrected chi connectivity index (χ0v) is 17.8. The van der Waals surface area contributed by atoms with Crippen LogP contribution in [0.25, 0.3) is 0 Å². The summed E-state index contributed by atoms with van der Waals surface area (Å²) in [6.45, 7) is 5.64. The van der Waals surface area contributed by atoms with Gasteiger partial charge in [-0.05, 0) is 37.1 Å². The average Bonchev–Trinajstić information content (AvgIpc) is 2.73. The smallest absolute Gasteiger partial charge is 0.271 e. The summed E-state index contributed by atoms with van der Waals surface area (Å²) < 4.78 is 0. The summed E-state index contributed by atoms with van der Waals surface area (Å²) in [6, 6.07) is 11.1. The van der Waals surface area contributed by atoms with E-state index in [1.165, 1.54) is 6.92 Å². The molecule has 6 nitrogen and oxygen atoms in total. The monoisotopic (exact) mass is 405 g/mol. The van der Waals surface area contributed by atoms with Gasteiger partial charge in [-0.3, -0.25) is 19.3 Å². The molecule has 0 fully saturated rings. The highest BCUT2D eigenvalue weighted by Crippen LogP contribution is 2.25. The number of unbranched alkanes of at least 4 members (excludes halogenated alkanes) is 3. The Morgan fingerprint density at radius 1 is 1.13 bits per heavy atom. The van der Waals surface area contributed by atoms with Crippen molar-refractivity contribution in [1.82, 2.24) is 4.90 Å². The normalized spacial score (nSPS) is 13.8. The van der Waals surface area contributed by atoms with Crippen LogP contribution >= 0.6 is 0 Å². The quantitative estimate of drug-likeness (QED) is 0.284. The molecule has 0 saturated heterocycles. The molecule has 0 spiro atoms. The summed E-state index contributed by atoms with van der Waals surface area (Å²) in [5, 5.41) is 9.43. The molecule has 30 heavy (non-hydrogen) atoms. The first kappa shape index (κ1) is 22.9. The second kappa shape index (κ2) is 10.9. The summed E-state index contributed by atoms with van der Waals surface area (Å²) in [4.78, 5) is 40.2. The van der Waals surface area contributed by atoms with Crippen molar-refractivity contribution in [1.29, 1.82) is 5.26 Å². The van der Waals surface area contributed by atoms with Crippen LogP contribution in [0.15, 0.2) is 58.9 Å². The van der Waals surface area contributed by atoms with Gasteiger partial charge >= 0.3 is 0 Å². The molecular weight excluding hydrogens is 378 g/mol. The number of hydrogen-bond donors (Lipinski definition) is 0. The molecule has 1 aliphatic rings. The van der Waals surface area contributed by atoms with E-state index in [0.29, 0.717) is 12.0 Å². The summed E-state index contributed by atoms with van der Waals surface area (Å²) >= 11 is 0. The Hall–Kier alpha value is -3.42. The van der Waals surface area contributed by atoms with E-state index >= 15 is 0 Å². The van der Waals surface area contributed by atoms with E-state index in [4.69, 9.17) is 0 Å². The SMILES string of the molecule is CCCCCCN1C(=O)C(=C=CCN(C(C)=O)c2ccccc2)C(C)=C(C#N)C1=O. The summed E-state index contributed by atoms with van der Waals surface area (Å²) in [6.07, 6.45) is 5.28. The van der Waals surface area contributed by atoms with E-state index in [2.05, 4.69) is 12.7 Å². The lowest BCUT2D eigenvalue weighted by atomic mass is 9.95. The zero-order chi connectivity index (χ0) is 22.1. The first-order valence-electron chi connectivity index (χ1n) is 10.2. The maximum absolute atomic E-state index is 12.9. The van der Waals surface area contributed by atoms with Gasteiger partial charge in [-0.1, -0.05) is 44.4 Å². The second-order valence-electron chi connectivity index (χ2n) is 7.12. The number of imide groups is 1. The first-order valence-corrected chi connectivity index (χ1v) is 10.2. The minimum atomic E-state index is -0.545. The van der Waals surface area contributed by atoms with E-state index in [-0.39, 0.29) is 30.1 Å². The molecule has 2 rings (SSSR count). The van der Waals surface area contributed by atoms with E-state index in [0.717, 1.165) is 29.8 Å². The summed E-state index contributed by atoms with van der Waals surface area (Å²) in [5.41, 5.74) is 4.15. The lowest BCUT2D eigenvalue weighted by Gasteiger charge is -2.26. The fraction of sp³-hybridized carbons (Fsp3) is 0.375. The minimum Gasteiger partial charge on any atom is -0.308 e. The molecule has 156 valence electrons. The third kappa shape index (κ3) is 5.34. The minimum absolute atomic E-state index is 0.0347. The van der Waals surface area contributed by atoms with Crippen molar-refractivity contribution in [2.24, 2.45) is 0 Å². The number of benzene rings is 1. The Morgan fingerprint density at radius 2 is 1.83 bits per heavy atom. The highest BCUT2D eigenvalue weighted by atomic mass is 16.2. The van der Waals surface area contributed by atoms with Crippen molar-refractivity contribution in [3.05, 3.63) is 58.9 Å². The molecule has 0 radical (unpaired) electrons. The third-order valence-corrected chi connectivity index (χ3v) is 4.98. The fourth-order valence-corrected chi connectivity index (χ4v) is 3.27. The van der Waals surface area contributed by atoms with Gasteiger partial charge in [-0.2, -0.15) is 5.26 Å². The number of anilines is 1. The molecule has 6 heteroatoms. The molecule has 0 aliphatic carbocycles. The number of carbonyl (C=O) groups is 3. The van der Waals surface area contributed by atoms with Crippen LogP contribution in [0.3, 0.4) is 0 Å². The number of amides is 3. The predicted molar refractivity (Wildman–Crippen MR) is 115 cm³/mol. The summed E-state index contributed by atoms with van der Waals surface area (Å²) in [5.74, 6) is -1.13. The summed E-state index contributed by atoms with van der Waals surface area (Å²) in [7, 11) is 0. The average molecular weight is 405 g/mol. The lowest BCUT2D eigenvalue weighted by molar-refractivity contribution is -0.140. The van der Waals surface area contributed by atoms with Crippen molar-refractivity contribution >= 4 is 23.4 Å². The van der Waals surface area contributed by atoms with Crippen molar-refractivity contribution in [2.75, 3.05) is 18.0 Å². The standard InChI is InChI=1S/C24H27N3O3/c1-4-5-6-10-15-27-23(29)21(18(2)22(17-25)24(27)30)14-11-16-26(19(3)28)20-12-8-7-9-13-20/h7-9,11-13H,4-6,10,15-16H2,1-3H3. The molecule has 1 heterocycles. The van der Waals surface area contributed by atoms with Crippen LogP contribution in [-0.2, 0) is 14.4 Å². The highest BCUT2D eigenvalue weighted by molar-refractivity contribution is 6.18. The molecular formula is C24H27N3O3. The number of para-hydroxylation sites is 1. The first-order chi connectivity index (χ1) is 14.4. The molecule has 0 atom stereocenters. The van der Waals surface area contributed by atoms with Gasteiger partial charge in [0.2, 0.25) is 5.91 Å². The van der Waals surface area contributed by atoms with Gasteiger partial charge in [0.05, 0.1) is 12.1 Å². The van der Waals surface area contributed by atoms with Gasteiger partial charge in [0.25, 0.3) is 11.8 Å². The van der Waals surface area contributed by atoms with Crippen LogP contribution in [0.4, 0.5) is 5.69 Å². The molecule has 1 aliphatic heterocycles. The molecule has 0 unspecified atom stereocenters. The largest absolute Gasteiger partial charge is 0.308 e. The van der Waals surface area contributed by atoms with Gasteiger partial charge in [0.15, 0.2) is 0 Å². The van der Waals surface area contributed by atoms with Gasteiger partial charge in [0, 0.05) is 19.2 Å². The maximum Gasteiger partial charge on any atom is 0.271 e. The predicted octanol–water partition coefficient (Wildman–Crippen LogP) is 3.91. The van der Waals surface area contributed by atoms with Crippen molar-refractivity contribution < 1.29 is 14.4 Å². The number of nitrogens with zero attached hydrogens (tertiary/aromatic N) is 3. The zero-order valence-electron chi connectivity index (χ0n) is 17.8. The van der Waals surface area contributed by atoms with Crippen molar-refractivity contribution in [3.8, 4) is 6.07 Å². The van der Waals surface area contributed by atoms with Crippen LogP contribution in [0, 0.1) is 11.3 Å². The van der Waals surface area contributed by atoms with Gasteiger partial charge in [-0.15, -0.1) is 5.73 Å². The lowest BCUT2D eigenvalue weighted by Crippen LogP contribution is -2.43. The van der Waals surface area contributed by atoms with E-state index in [1.54, 1.807) is 17.9 Å². The third-order valence-electron chi connectivity index (χ3n) is 4.98. The number of carbonyl (C=O) groups excluding carboxylic acids is 3. The Morgan fingerprint density at radius 3 is 2.43 bits per heavy atom. The molecule has 0 N–H and O–H groups in total. The molecule has 0 saturated carbocycles. The molecule has 0 aromatic heterocycles. The van der Waals surface area contributed by atoms with Crippen LogP contribution in [-0.4, -0.2) is 35.7 Å². The molecule has 3 amide bonds. The second-order valence-corrected chi connectivity index (χ2v) is 7.12. The van der Waals surface area contributed by atoms with E-state index < -0.39 is 11.8 Å². The topological polar surface area (TPSA) is 81.5 Å².